The van der Waals surface area contributed by atoms with Gasteiger partial charge in [-0.1, -0.05) is 42.5 Å². The molecule has 224 valence electrons. The van der Waals surface area contributed by atoms with Crippen molar-refractivity contribution in [3.05, 3.63) is 81.6 Å². The van der Waals surface area contributed by atoms with Gasteiger partial charge in [0.2, 0.25) is 5.91 Å². The quantitative estimate of drug-likeness (QED) is 0.238. The van der Waals surface area contributed by atoms with Crippen LogP contribution in [-0.2, 0) is 19.1 Å². The summed E-state index contributed by atoms with van der Waals surface area (Å²) >= 11 is 1.63. The van der Waals surface area contributed by atoms with Gasteiger partial charge in [0, 0.05) is 17.9 Å². The molecule has 1 saturated carbocycles. The highest BCUT2D eigenvalue weighted by molar-refractivity contribution is 14.1. The maximum atomic E-state index is 14.1. The number of hydrogen-bond donors (Lipinski definition) is 5. The van der Waals surface area contributed by atoms with Crippen molar-refractivity contribution in [3.8, 4) is 5.75 Å². The molecule has 6 N–H and O–H groups in total. The van der Waals surface area contributed by atoms with Crippen LogP contribution in [0.3, 0.4) is 0 Å². The van der Waals surface area contributed by atoms with Crippen LogP contribution in [0.2, 0.25) is 0 Å². The van der Waals surface area contributed by atoms with Crippen molar-refractivity contribution in [2.45, 2.75) is 36.7 Å². The summed E-state index contributed by atoms with van der Waals surface area (Å²) in [6.45, 7) is 0. The van der Waals surface area contributed by atoms with Crippen molar-refractivity contribution in [1.29, 1.82) is 0 Å². The summed E-state index contributed by atoms with van der Waals surface area (Å²) in [7, 11) is 3.19. The minimum atomic E-state index is -2.80. The Bertz CT molecular complexity index is 1660. The molecule has 0 aromatic heterocycles. The first-order valence-corrected chi connectivity index (χ1v) is 14.8. The van der Waals surface area contributed by atoms with Gasteiger partial charge in [0.15, 0.2) is 17.2 Å². The van der Waals surface area contributed by atoms with Crippen LogP contribution < -0.4 is 5.73 Å². The van der Waals surface area contributed by atoms with E-state index in [1.54, 1.807) is 49.2 Å². The summed E-state index contributed by atoms with van der Waals surface area (Å²) < 4.78 is 5.96. The van der Waals surface area contributed by atoms with Gasteiger partial charge in [-0.05, 0) is 66.9 Å². The van der Waals surface area contributed by atoms with Gasteiger partial charge in [-0.3, -0.25) is 14.4 Å². The smallest absolute Gasteiger partial charge is 0.230 e. The topological polar surface area (TPSA) is 171 Å². The van der Waals surface area contributed by atoms with E-state index in [4.69, 9.17) is 8.80 Å². The number of aliphatic hydroxyl groups excluding tert-OH is 2. The molecule has 4 aliphatic carbocycles. The molecule has 43 heavy (non-hydrogen) atoms. The zero-order valence-electron chi connectivity index (χ0n) is 23.4. The summed E-state index contributed by atoms with van der Waals surface area (Å²) in [5.74, 6) is -8.68. The third kappa shape index (κ3) is 4.24. The molecule has 0 spiro atoms. The summed E-state index contributed by atoms with van der Waals surface area (Å²) in [5.41, 5.74) is 6.23. The number of aliphatic hydroxyl groups is 3. The van der Waals surface area contributed by atoms with Crippen molar-refractivity contribution in [2.75, 3.05) is 14.1 Å². The lowest BCUT2D eigenvalue weighted by molar-refractivity contribution is -0.187. The summed E-state index contributed by atoms with van der Waals surface area (Å²) in [6.07, 6.45) is 5.06. The monoisotopic (exact) mass is 698 g/mol. The highest BCUT2D eigenvalue weighted by atomic mass is 127. The highest BCUT2D eigenvalue weighted by Gasteiger charge is 2.70. The minimum absolute atomic E-state index is 0.0995. The van der Waals surface area contributed by atoms with Gasteiger partial charge in [-0.15, -0.1) is 0 Å². The number of fused-ring (bicyclic) bond motifs is 4. The van der Waals surface area contributed by atoms with E-state index in [0.29, 0.717) is 11.1 Å². The lowest BCUT2D eigenvalue weighted by Gasteiger charge is -2.56. The van der Waals surface area contributed by atoms with Crippen molar-refractivity contribution in [2.24, 2.45) is 23.5 Å². The van der Waals surface area contributed by atoms with Gasteiger partial charge in [0.05, 0.1) is 23.3 Å². The average molecular weight is 699 g/mol. The Labute approximate surface area is 261 Å². The van der Waals surface area contributed by atoms with Crippen molar-refractivity contribution >= 4 is 58.2 Å². The number of carbonyl (C=O) groups is 3. The molecule has 7 atom stereocenters. The Balaban J connectivity index is 1.66. The number of hydrogen-bond acceptors (Lipinski definition) is 9. The number of likely N-dealkylation sites (N-methyl/N-ethyl adjacent to an activating group) is 1. The van der Waals surface area contributed by atoms with E-state index in [0.717, 1.165) is 24.0 Å². The van der Waals surface area contributed by atoms with Crippen LogP contribution in [0.25, 0.3) is 17.7 Å². The number of allylic oxidation sites excluding steroid dienone is 1. The second kappa shape index (κ2) is 10.7. The molecule has 0 heterocycles. The molecule has 1 fully saturated rings. The third-order valence-corrected chi connectivity index (χ3v) is 9.93. The molecular weight excluding hydrogens is 667 g/mol. The number of Topliss-reactive ketones (excluding diaryl/α,β-unsaturated/α-hetero) is 2. The van der Waals surface area contributed by atoms with Gasteiger partial charge in [0.1, 0.15) is 40.4 Å². The van der Waals surface area contributed by atoms with E-state index in [1.807, 2.05) is 30.4 Å². The van der Waals surface area contributed by atoms with E-state index in [2.05, 4.69) is 6.08 Å². The zero-order chi connectivity index (χ0) is 31.0. The van der Waals surface area contributed by atoms with E-state index >= 15 is 0 Å². The fourth-order valence-electron chi connectivity index (χ4n) is 7.46. The van der Waals surface area contributed by atoms with Gasteiger partial charge in [-0.2, -0.15) is 0 Å². The highest BCUT2D eigenvalue weighted by Crippen LogP contribution is 2.57. The molecule has 0 bridgehead atoms. The first kappa shape index (κ1) is 29.7. The summed E-state index contributed by atoms with van der Waals surface area (Å²) in [6, 6.07) is 9.52. The SMILES string of the molecule is CN(C)[C@@H]1C(O)C(C(N)=O)C(=O)[C@@]2(O)C(O)=C3C(=O)c4c(O)cccc4/C(=C\c4ccc5c(c4)C=CCC5)[C@H]3[C@H](OI)[C@@H]12. The molecule has 2 unspecified atom stereocenters. The number of benzene rings is 2. The zero-order valence-corrected chi connectivity index (χ0v) is 25.6. The maximum absolute atomic E-state index is 14.1. The Morgan fingerprint density at radius 2 is 1.93 bits per heavy atom. The predicted octanol–water partition coefficient (Wildman–Crippen LogP) is 2.59. The molecule has 11 heteroatoms. The lowest BCUT2D eigenvalue weighted by atomic mass is 9.54. The van der Waals surface area contributed by atoms with Gasteiger partial charge in [0.25, 0.3) is 0 Å². The Morgan fingerprint density at radius 3 is 2.60 bits per heavy atom. The summed E-state index contributed by atoms with van der Waals surface area (Å²) in [4.78, 5) is 41.9. The number of carbonyl (C=O) groups excluding carboxylic acids is 3. The number of halogens is 1. The number of amides is 1. The van der Waals surface area contributed by atoms with Crippen LogP contribution in [0, 0.1) is 17.8 Å². The molecule has 10 nitrogen and oxygen atoms in total. The van der Waals surface area contributed by atoms with Crippen molar-refractivity contribution < 1.29 is 37.9 Å². The van der Waals surface area contributed by atoms with Crippen LogP contribution in [-0.4, -0.2) is 80.7 Å². The molecule has 0 radical (unpaired) electrons. The lowest BCUT2D eigenvalue weighted by Crippen LogP contribution is -2.74. The van der Waals surface area contributed by atoms with Crippen LogP contribution in [0.1, 0.15) is 39.0 Å². The minimum Gasteiger partial charge on any atom is -0.508 e. The van der Waals surface area contributed by atoms with Crippen molar-refractivity contribution in [1.82, 2.24) is 4.90 Å². The van der Waals surface area contributed by atoms with Gasteiger partial charge >= 0.3 is 0 Å². The van der Waals surface area contributed by atoms with Crippen LogP contribution >= 0.6 is 23.0 Å². The van der Waals surface area contributed by atoms with E-state index in [9.17, 15) is 34.8 Å². The maximum Gasteiger partial charge on any atom is 0.230 e. The molecule has 0 aliphatic heterocycles. The first-order valence-electron chi connectivity index (χ1n) is 13.9. The van der Waals surface area contributed by atoms with Crippen LogP contribution in [0.5, 0.6) is 5.75 Å². The second-order valence-electron chi connectivity index (χ2n) is 11.8. The molecular formula is C32H31IN2O8. The standard InChI is InChI=1S/C32H31IN2O8/c1-35(2)25-24-28(43-33)21-18(13-14-10-11-15-6-3-4-7-16(15)12-14)17-8-5-9-19(36)20(17)26(37)22(21)29(39)32(24,42)30(40)23(27(25)38)31(34)41/h4-5,7-13,21,23-25,27-28,36,38-39,42H,3,6H2,1-2H3,(H2,34,41)/b18-13+/t21-,23?,24-,25+,27?,28+,32+/m1/s1. The van der Waals surface area contributed by atoms with Crippen molar-refractivity contribution in [3.63, 3.8) is 0 Å². The number of ketones is 2. The number of phenols is 1. The summed E-state index contributed by atoms with van der Waals surface area (Å²) in [5, 5.41) is 46.1. The number of phenolic OH excluding ortho intramolecular Hbond substituents is 1. The molecule has 2 aromatic rings. The molecule has 1 amide bonds. The fraction of sp³-hybridized carbons (Fsp3) is 0.344. The van der Waals surface area contributed by atoms with Gasteiger partial charge < -0.3 is 34.1 Å². The molecule has 4 aliphatic rings. The Kier molecular flexibility index (Phi) is 7.37. The van der Waals surface area contributed by atoms with E-state index in [-0.39, 0.29) is 16.9 Å². The molecule has 2 aromatic carbocycles. The number of nitrogens with zero attached hydrogens (tertiary/aromatic N) is 1. The number of rotatable bonds is 4. The molecule has 6 rings (SSSR count). The van der Waals surface area contributed by atoms with E-state index in [1.165, 1.54) is 16.5 Å². The van der Waals surface area contributed by atoms with Crippen LogP contribution in [0.15, 0.2) is 53.8 Å². The van der Waals surface area contributed by atoms with Gasteiger partial charge in [-0.25, -0.2) is 0 Å². The number of primary amides is 1. The first-order chi connectivity index (χ1) is 20.4. The second-order valence-corrected chi connectivity index (χ2v) is 12.3. The number of aromatic hydroxyl groups is 1. The molecule has 0 saturated heterocycles. The van der Waals surface area contributed by atoms with Crippen LogP contribution in [0.4, 0.5) is 0 Å². The predicted molar refractivity (Wildman–Crippen MR) is 166 cm³/mol. The normalized spacial score (nSPS) is 32.4. The third-order valence-electron chi connectivity index (χ3n) is 9.35. The number of nitrogens with two attached hydrogens (primary N) is 1. The Hall–Kier alpha value is -3.36. The number of aryl methyl sites for hydroxylation is 1. The largest absolute Gasteiger partial charge is 0.508 e. The average Bonchev–Trinajstić information content (AvgIpc) is 2.96. The Morgan fingerprint density at radius 1 is 1.19 bits per heavy atom. The fourth-order valence-corrected chi connectivity index (χ4v) is 8.07. The van der Waals surface area contributed by atoms with E-state index < -0.39 is 64.8 Å².